The van der Waals surface area contributed by atoms with Crippen LogP contribution in [0.5, 0.6) is 0 Å². The number of halogens is 1. The smallest absolute Gasteiger partial charge is 0.247 e. The molecule has 0 spiro atoms. The zero-order chi connectivity index (χ0) is 13.9. The van der Waals surface area contributed by atoms with Crippen LogP contribution in [0.4, 0.5) is 5.69 Å². The number of nitrogens with one attached hydrogen (secondary N) is 1. The Bertz CT molecular complexity index is 679. The first-order chi connectivity index (χ1) is 9.72. The molecule has 0 saturated carbocycles. The van der Waals surface area contributed by atoms with Crippen molar-refractivity contribution in [3.63, 3.8) is 0 Å². The topological polar surface area (TPSA) is 51.0 Å². The standard InChI is InChI=1S/C14H12BrN3OS/c1-9(12-6-7-13(15)20-12)17-11-4-2-10(3-5-11)14-18-16-8-19-14/h2-9,17H,1H3. The molecule has 1 aromatic carbocycles. The Labute approximate surface area is 129 Å². The van der Waals surface area contributed by atoms with Gasteiger partial charge in [0.05, 0.1) is 9.83 Å². The van der Waals surface area contributed by atoms with Crippen molar-refractivity contribution in [1.82, 2.24) is 10.2 Å². The lowest BCUT2D eigenvalue weighted by molar-refractivity contribution is 0.568. The molecule has 1 atom stereocenters. The van der Waals surface area contributed by atoms with E-state index in [1.807, 2.05) is 24.3 Å². The molecule has 1 unspecified atom stereocenters. The number of rotatable bonds is 4. The molecular formula is C14H12BrN3OS. The number of hydrogen-bond donors (Lipinski definition) is 1. The van der Waals surface area contributed by atoms with Crippen LogP contribution >= 0.6 is 27.3 Å². The maximum atomic E-state index is 5.17. The predicted molar refractivity (Wildman–Crippen MR) is 83.8 cm³/mol. The third kappa shape index (κ3) is 2.91. The van der Waals surface area contributed by atoms with Crippen LogP contribution in [0.25, 0.3) is 11.5 Å². The average molecular weight is 350 g/mol. The second-order valence-electron chi connectivity index (χ2n) is 4.33. The largest absolute Gasteiger partial charge is 0.423 e. The third-order valence-electron chi connectivity index (χ3n) is 2.90. The van der Waals surface area contributed by atoms with Crippen LogP contribution < -0.4 is 5.32 Å². The van der Waals surface area contributed by atoms with E-state index in [1.165, 1.54) is 11.3 Å². The van der Waals surface area contributed by atoms with Gasteiger partial charge in [-0.2, -0.15) is 0 Å². The molecule has 0 saturated heterocycles. The molecule has 3 aromatic rings. The van der Waals surface area contributed by atoms with Gasteiger partial charge in [-0.1, -0.05) is 0 Å². The van der Waals surface area contributed by atoms with Crippen molar-refractivity contribution in [2.45, 2.75) is 13.0 Å². The maximum Gasteiger partial charge on any atom is 0.247 e. The lowest BCUT2D eigenvalue weighted by Crippen LogP contribution is -2.04. The third-order valence-corrected chi connectivity index (χ3v) is 4.70. The van der Waals surface area contributed by atoms with E-state index in [0.717, 1.165) is 15.0 Å². The number of hydrogen-bond acceptors (Lipinski definition) is 5. The summed E-state index contributed by atoms with van der Waals surface area (Å²) in [5.74, 6) is 0.534. The molecule has 1 N–H and O–H groups in total. The zero-order valence-corrected chi connectivity index (χ0v) is 13.1. The van der Waals surface area contributed by atoms with Gasteiger partial charge in [0.15, 0.2) is 0 Å². The molecule has 102 valence electrons. The first-order valence-corrected chi connectivity index (χ1v) is 7.72. The van der Waals surface area contributed by atoms with Gasteiger partial charge in [-0.15, -0.1) is 21.5 Å². The molecule has 4 nitrogen and oxygen atoms in total. The van der Waals surface area contributed by atoms with Gasteiger partial charge in [-0.05, 0) is 59.3 Å². The summed E-state index contributed by atoms with van der Waals surface area (Å²) >= 11 is 5.22. The van der Waals surface area contributed by atoms with E-state index < -0.39 is 0 Å². The Morgan fingerprint density at radius 1 is 1.20 bits per heavy atom. The van der Waals surface area contributed by atoms with Gasteiger partial charge in [0.2, 0.25) is 12.3 Å². The van der Waals surface area contributed by atoms with Crippen molar-refractivity contribution in [1.29, 1.82) is 0 Å². The van der Waals surface area contributed by atoms with Crippen molar-refractivity contribution < 1.29 is 4.42 Å². The van der Waals surface area contributed by atoms with Crippen LogP contribution in [0.2, 0.25) is 0 Å². The summed E-state index contributed by atoms with van der Waals surface area (Å²) in [4.78, 5) is 1.29. The van der Waals surface area contributed by atoms with E-state index in [0.29, 0.717) is 5.89 Å². The normalized spacial score (nSPS) is 12.3. The van der Waals surface area contributed by atoms with Gasteiger partial charge < -0.3 is 9.73 Å². The summed E-state index contributed by atoms with van der Waals surface area (Å²) in [6.07, 6.45) is 1.33. The second-order valence-corrected chi connectivity index (χ2v) is 6.82. The predicted octanol–water partition coefficient (Wildman–Crippen LogP) is 4.73. The van der Waals surface area contributed by atoms with Crippen molar-refractivity contribution in [2.75, 3.05) is 5.32 Å². The maximum absolute atomic E-state index is 5.17. The van der Waals surface area contributed by atoms with E-state index in [1.54, 1.807) is 11.3 Å². The van der Waals surface area contributed by atoms with Crippen molar-refractivity contribution >= 4 is 33.0 Å². The second kappa shape index (κ2) is 5.76. The summed E-state index contributed by atoms with van der Waals surface area (Å²) in [5.41, 5.74) is 1.98. The van der Waals surface area contributed by atoms with Crippen molar-refractivity contribution in [2.24, 2.45) is 0 Å². The minimum absolute atomic E-state index is 0.264. The Kier molecular flexibility index (Phi) is 3.84. The van der Waals surface area contributed by atoms with Crippen LogP contribution in [-0.4, -0.2) is 10.2 Å². The van der Waals surface area contributed by atoms with Gasteiger partial charge >= 0.3 is 0 Å². The Balaban J connectivity index is 1.72. The van der Waals surface area contributed by atoms with Gasteiger partial charge in [-0.25, -0.2) is 0 Å². The highest BCUT2D eigenvalue weighted by atomic mass is 79.9. The van der Waals surface area contributed by atoms with Gasteiger partial charge in [0.1, 0.15) is 0 Å². The minimum atomic E-state index is 0.264. The first kappa shape index (κ1) is 13.3. The molecule has 2 aromatic heterocycles. The first-order valence-electron chi connectivity index (χ1n) is 6.11. The van der Waals surface area contributed by atoms with E-state index in [-0.39, 0.29) is 6.04 Å². The fourth-order valence-corrected chi connectivity index (χ4v) is 3.32. The van der Waals surface area contributed by atoms with E-state index in [4.69, 9.17) is 4.42 Å². The number of thiophene rings is 1. The summed E-state index contributed by atoms with van der Waals surface area (Å²) < 4.78 is 6.31. The minimum Gasteiger partial charge on any atom is -0.423 e. The van der Waals surface area contributed by atoms with Crippen molar-refractivity contribution in [3.05, 3.63) is 51.5 Å². The quantitative estimate of drug-likeness (QED) is 0.739. The zero-order valence-electron chi connectivity index (χ0n) is 10.7. The molecule has 0 aliphatic rings. The molecule has 0 bridgehead atoms. The molecule has 0 radical (unpaired) electrons. The molecule has 0 aliphatic carbocycles. The molecule has 3 rings (SSSR count). The van der Waals surface area contributed by atoms with Crippen LogP contribution in [-0.2, 0) is 0 Å². The monoisotopic (exact) mass is 349 g/mol. The van der Waals surface area contributed by atoms with E-state index in [2.05, 4.69) is 50.5 Å². The van der Waals surface area contributed by atoms with Gasteiger partial charge in [0, 0.05) is 16.1 Å². The Morgan fingerprint density at radius 3 is 2.60 bits per heavy atom. The van der Waals surface area contributed by atoms with E-state index in [9.17, 15) is 0 Å². The van der Waals surface area contributed by atoms with Crippen molar-refractivity contribution in [3.8, 4) is 11.5 Å². The fourth-order valence-electron chi connectivity index (χ4n) is 1.89. The molecule has 0 fully saturated rings. The number of nitrogens with zero attached hydrogens (tertiary/aromatic N) is 2. The summed E-state index contributed by atoms with van der Waals surface area (Å²) in [7, 11) is 0. The van der Waals surface area contributed by atoms with Crippen LogP contribution in [0.15, 0.2) is 51.0 Å². The number of anilines is 1. The lowest BCUT2D eigenvalue weighted by Gasteiger charge is -2.13. The SMILES string of the molecule is CC(Nc1ccc(-c2nnco2)cc1)c1ccc(Br)s1. The van der Waals surface area contributed by atoms with Crippen LogP contribution in [0, 0.1) is 0 Å². The molecule has 0 aliphatic heterocycles. The average Bonchev–Trinajstić information content (AvgIpc) is 3.10. The fraction of sp³-hybridized carbons (Fsp3) is 0.143. The molecule has 0 amide bonds. The van der Waals surface area contributed by atoms with Gasteiger partial charge in [-0.3, -0.25) is 0 Å². The summed E-state index contributed by atoms with van der Waals surface area (Å²) in [5, 5.41) is 11.0. The Morgan fingerprint density at radius 2 is 2.00 bits per heavy atom. The molecule has 6 heteroatoms. The number of aromatic nitrogens is 2. The van der Waals surface area contributed by atoms with Gasteiger partial charge in [0.25, 0.3) is 0 Å². The molecule has 20 heavy (non-hydrogen) atoms. The molecular weight excluding hydrogens is 338 g/mol. The van der Waals surface area contributed by atoms with Crippen LogP contribution in [0.3, 0.4) is 0 Å². The number of benzene rings is 1. The highest BCUT2D eigenvalue weighted by Gasteiger charge is 2.08. The summed E-state index contributed by atoms with van der Waals surface area (Å²) in [6, 6.07) is 12.4. The highest BCUT2D eigenvalue weighted by Crippen LogP contribution is 2.29. The lowest BCUT2D eigenvalue weighted by atomic mass is 10.2. The van der Waals surface area contributed by atoms with Crippen LogP contribution in [0.1, 0.15) is 17.8 Å². The summed E-state index contributed by atoms with van der Waals surface area (Å²) in [6.45, 7) is 2.14. The molecule has 2 heterocycles. The van der Waals surface area contributed by atoms with E-state index >= 15 is 0 Å². The highest BCUT2D eigenvalue weighted by molar-refractivity contribution is 9.11. The Hall–Kier alpha value is -1.66.